The van der Waals surface area contributed by atoms with Crippen molar-refractivity contribution < 1.29 is 14.3 Å². The van der Waals surface area contributed by atoms with E-state index in [1.54, 1.807) is 11.0 Å². The molecule has 2 aliphatic rings. The molecule has 154 valence electrons. The van der Waals surface area contributed by atoms with Crippen LogP contribution in [0.2, 0.25) is 10.0 Å². The fourth-order valence-electron chi connectivity index (χ4n) is 3.89. The molecule has 0 N–H and O–H groups in total. The third-order valence-electron chi connectivity index (χ3n) is 5.46. The number of halogens is 2. The summed E-state index contributed by atoms with van der Waals surface area (Å²) in [6, 6.07) is 5.53. The van der Waals surface area contributed by atoms with Gasteiger partial charge < -0.3 is 14.5 Å². The van der Waals surface area contributed by atoms with Gasteiger partial charge in [-0.25, -0.2) is 4.79 Å². The molecular formula is C21H28Cl2N2O3. The van der Waals surface area contributed by atoms with Crippen molar-refractivity contribution in [3.05, 3.63) is 33.8 Å². The van der Waals surface area contributed by atoms with E-state index in [4.69, 9.17) is 27.9 Å². The molecule has 2 heterocycles. The Labute approximate surface area is 176 Å². The molecule has 0 unspecified atom stereocenters. The highest BCUT2D eigenvalue weighted by atomic mass is 35.5. The number of carbonyl (C=O) groups is 2. The van der Waals surface area contributed by atoms with E-state index in [1.165, 1.54) is 0 Å². The molecule has 2 aliphatic heterocycles. The largest absolute Gasteiger partial charge is 0.444 e. The summed E-state index contributed by atoms with van der Waals surface area (Å²) in [4.78, 5) is 29.2. The fraction of sp³-hybridized carbons (Fsp3) is 0.619. The standard InChI is InChI=1S/C21H28Cl2N2O3/c1-20(2,3)28-19(27)25-9-4-8-21(14-25,13-18(26)24-10-5-11-24)15-6-7-16(22)17(23)12-15/h6-7,12H,4-5,8-11,13-14H2,1-3H3/t21-/m1/s1. The molecule has 0 spiro atoms. The van der Waals surface area contributed by atoms with Crippen molar-refractivity contribution in [3.63, 3.8) is 0 Å². The van der Waals surface area contributed by atoms with Crippen LogP contribution in [-0.4, -0.2) is 53.6 Å². The molecule has 1 aromatic rings. The van der Waals surface area contributed by atoms with Gasteiger partial charge in [-0.3, -0.25) is 4.79 Å². The number of amides is 2. The molecule has 1 atom stereocenters. The van der Waals surface area contributed by atoms with E-state index in [-0.39, 0.29) is 12.0 Å². The molecule has 3 rings (SSSR count). The summed E-state index contributed by atoms with van der Waals surface area (Å²) in [7, 11) is 0. The smallest absolute Gasteiger partial charge is 0.410 e. The lowest BCUT2D eigenvalue weighted by Crippen LogP contribution is -2.53. The topological polar surface area (TPSA) is 49.9 Å². The first kappa shape index (κ1) is 21.3. The van der Waals surface area contributed by atoms with Gasteiger partial charge in [-0.05, 0) is 57.7 Å². The van der Waals surface area contributed by atoms with Gasteiger partial charge in [0, 0.05) is 38.0 Å². The SMILES string of the molecule is CC(C)(C)OC(=O)N1CCC[C@](CC(=O)N2CCC2)(c2ccc(Cl)c(Cl)c2)C1. The minimum atomic E-state index is -0.561. The third kappa shape index (κ3) is 4.74. The molecule has 0 aliphatic carbocycles. The third-order valence-corrected chi connectivity index (χ3v) is 6.20. The number of hydrogen-bond donors (Lipinski definition) is 0. The van der Waals surface area contributed by atoms with Crippen molar-refractivity contribution in [1.82, 2.24) is 9.80 Å². The van der Waals surface area contributed by atoms with Crippen molar-refractivity contribution in [2.24, 2.45) is 0 Å². The van der Waals surface area contributed by atoms with E-state index >= 15 is 0 Å². The maximum atomic E-state index is 12.9. The Hall–Kier alpha value is -1.46. The lowest BCUT2D eigenvalue weighted by molar-refractivity contribution is -0.136. The molecule has 0 saturated carbocycles. The molecule has 2 amide bonds. The number of likely N-dealkylation sites (tertiary alicyclic amines) is 2. The summed E-state index contributed by atoms with van der Waals surface area (Å²) in [5, 5.41) is 0.943. The lowest BCUT2D eigenvalue weighted by atomic mass is 9.71. The highest BCUT2D eigenvalue weighted by molar-refractivity contribution is 6.42. The number of piperidine rings is 1. The van der Waals surface area contributed by atoms with Crippen LogP contribution in [0.5, 0.6) is 0 Å². The van der Waals surface area contributed by atoms with Crippen LogP contribution in [0.4, 0.5) is 4.79 Å². The Morgan fingerprint density at radius 3 is 2.32 bits per heavy atom. The zero-order valence-corrected chi connectivity index (χ0v) is 18.3. The van der Waals surface area contributed by atoms with Crippen LogP contribution >= 0.6 is 23.2 Å². The van der Waals surface area contributed by atoms with Crippen LogP contribution in [-0.2, 0) is 14.9 Å². The second-order valence-corrected chi connectivity index (χ2v) is 9.64. The van der Waals surface area contributed by atoms with Crippen molar-refractivity contribution in [2.75, 3.05) is 26.2 Å². The zero-order chi connectivity index (χ0) is 20.5. The molecule has 0 aromatic heterocycles. The number of rotatable bonds is 3. The summed E-state index contributed by atoms with van der Waals surface area (Å²) >= 11 is 12.4. The van der Waals surface area contributed by atoms with Gasteiger partial charge in [-0.2, -0.15) is 0 Å². The zero-order valence-electron chi connectivity index (χ0n) is 16.8. The van der Waals surface area contributed by atoms with Crippen LogP contribution in [0.15, 0.2) is 18.2 Å². The maximum absolute atomic E-state index is 12.9. The van der Waals surface area contributed by atoms with Gasteiger partial charge in [0.15, 0.2) is 0 Å². The van der Waals surface area contributed by atoms with Gasteiger partial charge >= 0.3 is 6.09 Å². The Morgan fingerprint density at radius 2 is 1.75 bits per heavy atom. The Kier molecular flexibility index (Phi) is 6.16. The normalized spacial score (nSPS) is 22.6. The molecule has 7 heteroatoms. The Bertz CT molecular complexity index is 759. The fourth-order valence-corrected chi connectivity index (χ4v) is 4.19. The first-order valence-corrected chi connectivity index (χ1v) is 10.6. The first-order valence-electron chi connectivity index (χ1n) is 9.81. The van der Waals surface area contributed by atoms with Gasteiger partial charge in [0.1, 0.15) is 5.60 Å². The number of ether oxygens (including phenoxy) is 1. The van der Waals surface area contributed by atoms with Crippen molar-refractivity contribution in [1.29, 1.82) is 0 Å². The molecule has 1 aromatic carbocycles. The van der Waals surface area contributed by atoms with Crippen molar-refractivity contribution in [2.45, 2.75) is 57.5 Å². The molecule has 0 bridgehead atoms. The molecular weight excluding hydrogens is 399 g/mol. The average Bonchev–Trinajstić information content (AvgIpc) is 2.54. The molecule has 5 nitrogen and oxygen atoms in total. The number of benzene rings is 1. The van der Waals surface area contributed by atoms with Gasteiger partial charge in [-0.15, -0.1) is 0 Å². The summed E-state index contributed by atoms with van der Waals surface area (Å²) in [5.41, 5.74) is -0.103. The summed E-state index contributed by atoms with van der Waals surface area (Å²) in [6.45, 7) is 8.24. The second-order valence-electron chi connectivity index (χ2n) is 8.83. The monoisotopic (exact) mass is 426 g/mol. The van der Waals surface area contributed by atoms with Gasteiger partial charge in [0.05, 0.1) is 10.0 Å². The lowest BCUT2D eigenvalue weighted by Gasteiger charge is -2.44. The first-order chi connectivity index (χ1) is 13.1. The van der Waals surface area contributed by atoms with Crippen LogP contribution in [0.25, 0.3) is 0 Å². The average molecular weight is 427 g/mol. The van der Waals surface area contributed by atoms with Gasteiger partial charge in [0.2, 0.25) is 5.91 Å². The van der Waals surface area contributed by atoms with E-state index in [0.717, 1.165) is 37.9 Å². The second kappa shape index (κ2) is 8.11. The Morgan fingerprint density at radius 1 is 1.07 bits per heavy atom. The van der Waals surface area contributed by atoms with Crippen molar-refractivity contribution in [3.8, 4) is 0 Å². The van der Waals surface area contributed by atoms with Crippen molar-refractivity contribution >= 4 is 35.2 Å². The highest BCUT2D eigenvalue weighted by Gasteiger charge is 2.43. The van der Waals surface area contributed by atoms with Crippen LogP contribution in [0.1, 0.15) is 52.0 Å². The van der Waals surface area contributed by atoms with E-state index < -0.39 is 11.0 Å². The van der Waals surface area contributed by atoms with E-state index in [0.29, 0.717) is 29.6 Å². The van der Waals surface area contributed by atoms with E-state index in [1.807, 2.05) is 37.8 Å². The van der Waals surface area contributed by atoms with Gasteiger partial charge in [0.25, 0.3) is 0 Å². The molecule has 0 radical (unpaired) electrons. The maximum Gasteiger partial charge on any atom is 0.410 e. The van der Waals surface area contributed by atoms with Gasteiger partial charge in [-0.1, -0.05) is 29.3 Å². The summed E-state index contributed by atoms with van der Waals surface area (Å²) < 4.78 is 5.58. The molecule has 2 fully saturated rings. The minimum absolute atomic E-state index is 0.128. The van der Waals surface area contributed by atoms with Crippen LogP contribution < -0.4 is 0 Å². The minimum Gasteiger partial charge on any atom is -0.444 e. The Balaban J connectivity index is 1.89. The predicted molar refractivity (Wildman–Crippen MR) is 111 cm³/mol. The number of hydrogen-bond acceptors (Lipinski definition) is 3. The summed E-state index contributed by atoms with van der Waals surface area (Å²) in [6.07, 6.45) is 2.67. The van der Waals surface area contributed by atoms with Crippen LogP contribution in [0, 0.1) is 0 Å². The summed E-state index contributed by atoms with van der Waals surface area (Å²) in [5.74, 6) is 0.128. The number of carbonyl (C=O) groups excluding carboxylic acids is 2. The number of nitrogens with zero attached hydrogens (tertiary/aromatic N) is 2. The quantitative estimate of drug-likeness (QED) is 0.691. The predicted octanol–water partition coefficient (Wildman–Crippen LogP) is 4.88. The highest BCUT2D eigenvalue weighted by Crippen LogP contribution is 2.40. The molecule has 28 heavy (non-hydrogen) atoms. The molecule has 2 saturated heterocycles. The van der Waals surface area contributed by atoms with Crippen LogP contribution in [0.3, 0.4) is 0 Å². The van der Waals surface area contributed by atoms with E-state index in [2.05, 4.69) is 0 Å². The van der Waals surface area contributed by atoms with E-state index in [9.17, 15) is 9.59 Å².